The van der Waals surface area contributed by atoms with Gasteiger partial charge in [-0.15, -0.1) is 5.10 Å². The number of rotatable bonds is 1. The Bertz CT molecular complexity index is 779. The van der Waals surface area contributed by atoms with Gasteiger partial charge in [-0.1, -0.05) is 24.3 Å². The number of fused-ring (bicyclic) bond motifs is 1. The average Bonchev–Trinajstić information content (AvgIpc) is 2.77. The fourth-order valence-corrected chi connectivity index (χ4v) is 2.45. The molecule has 3 aromatic rings. The van der Waals surface area contributed by atoms with Gasteiger partial charge in [0.05, 0.1) is 11.1 Å². The topological polar surface area (TPSA) is 60.9 Å². The lowest BCUT2D eigenvalue weighted by Crippen LogP contribution is -2.14. The van der Waals surface area contributed by atoms with E-state index in [0.717, 1.165) is 9.86 Å². The van der Waals surface area contributed by atoms with E-state index in [1.54, 1.807) is 6.07 Å². The zero-order chi connectivity index (χ0) is 13.4. The Labute approximate surface area is 118 Å². The van der Waals surface area contributed by atoms with Crippen LogP contribution >= 0.6 is 15.9 Å². The summed E-state index contributed by atoms with van der Waals surface area (Å²) in [6.07, 6.45) is 0. The average molecular weight is 316 g/mol. The maximum atomic E-state index is 12.5. The van der Waals surface area contributed by atoms with E-state index in [9.17, 15) is 4.79 Å². The van der Waals surface area contributed by atoms with Crippen molar-refractivity contribution in [3.05, 3.63) is 58.6 Å². The van der Waals surface area contributed by atoms with E-state index in [-0.39, 0.29) is 5.91 Å². The summed E-state index contributed by atoms with van der Waals surface area (Å²) in [7, 11) is 0. The van der Waals surface area contributed by atoms with E-state index < -0.39 is 0 Å². The van der Waals surface area contributed by atoms with Crippen LogP contribution in [-0.2, 0) is 0 Å². The van der Waals surface area contributed by atoms with Crippen molar-refractivity contribution in [1.82, 2.24) is 9.78 Å². The van der Waals surface area contributed by atoms with Crippen LogP contribution in [0.2, 0.25) is 0 Å². The van der Waals surface area contributed by atoms with Crippen LogP contribution in [0.25, 0.3) is 10.9 Å². The molecule has 0 saturated carbocycles. The number of hydrogen-bond acceptors (Lipinski definition) is 3. The highest BCUT2D eigenvalue weighted by molar-refractivity contribution is 9.10. The second kappa shape index (κ2) is 4.51. The van der Waals surface area contributed by atoms with Gasteiger partial charge in [-0.3, -0.25) is 4.79 Å². The van der Waals surface area contributed by atoms with Gasteiger partial charge in [-0.05, 0) is 40.2 Å². The van der Waals surface area contributed by atoms with Gasteiger partial charge in [0, 0.05) is 9.86 Å². The molecule has 2 N–H and O–H groups in total. The third-order valence-electron chi connectivity index (χ3n) is 2.91. The van der Waals surface area contributed by atoms with Gasteiger partial charge in [0.25, 0.3) is 5.91 Å². The van der Waals surface area contributed by atoms with E-state index in [4.69, 9.17) is 5.73 Å². The van der Waals surface area contributed by atoms with Crippen molar-refractivity contribution >= 4 is 38.6 Å². The molecule has 0 fully saturated rings. The standard InChI is InChI=1S/C14H10BrN3O/c15-11-7-3-1-5-9(11)14(19)18-12-8-4-2-6-10(12)13(16)17-18/h1-8H,(H2,16,17). The first-order valence-electron chi connectivity index (χ1n) is 5.71. The number of aromatic nitrogens is 2. The molecule has 0 radical (unpaired) electrons. The minimum Gasteiger partial charge on any atom is -0.382 e. The Morgan fingerprint density at radius 3 is 2.58 bits per heavy atom. The van der Waals surface area contributed by atoms with Crippen LogP contribution < -0.4 is 5.73 Å². The maximum Gasteiger partial charge on any atom is 0.279 e. The quantitative estimate of drug-likeness (QED) is 0.750. The van der Waals surface area contributed by atoms with Gasteiger partial charge in [-0.2, -0.15) is 4.68 Å². The molecule has 0 aliphatic rings. The summed E-state index contributed by atoms with van der Waals surface area (Å²) >= 11 is 3.37. The van der Waals surface area contributed by atoms with Crippen LogP contribution in [0.1, 0.15) is 10.4 Å². The summed E-state index contributed by atoms with van der Waals surface area (Å²) in [5.74, 6) is 0.149. The number of nitrogen functional groups attached to an aromatic ring is 1. The zero-order valence-electron chi connectivity index (χ0n) is 9.88. The zero-order valence-corrected chi connectivity index (χ0v) is 11.5. The lowest BCUT2D eigenvalue weighted by atomic mass is 10.2. The fraction of sp³-hybridized carbons (Fsp3) is 0. The molecule has 1 heterocycles. The Kier molecular flexibility index (Phi) is 2.83. The van der Waals surface area contributed by atoms with Gasteiger partial charge in [0.2, 0.25) is 0 Å². The highest BCUT2D eigenvalue weighted by Crippen LogP contribution is 2.23. The SMILES string of the molecule is Nc1nn(C(=O)c2ccccc2Br)c2ccccc12. The normalized spacial score (nSPS) is 10.8. The minimum absolute atomic E-state index is 0.208. The summed E-state index contributed by atoms with van der Waals surface area (Å²) in [5, 5.41) is 4.91. The van der Waals surface area contributed by atoms with Crippen LogP contribution in [0.15, 0.2) is 53.0 Å². The number of nitrogens with zero attached hydrogens (tertiary/aromatic N) is 2. The lowest BCUT2D eigenvalue weighted by molar-refractivity contribution is 0.0950. The molecule has 0 aliphatic carbocycles. The molecule has 0 aliphatic heterocycles. The van der Waals surface area contributed by atoms with E-state index >= 15 is 0 Å². The monoisotopic (exact) mass is 315 g/mol. The van der Waals surface area contributed by atoms with Crippen molar-refractivity contribution in [1.29, 1.82) is 0 Å². The minimum atomic E-state index is -0.208. The molecule has 1 aromatic heterocycles. The van der Waals surface area contributed by atoms with Crippen LogP contribution in [0.3, 0.4) is 0 Å². The molecule has 4 nitrogen and oxygen atoms in total. The van der Waals surface area contributed by atoms with Crippen molar-refractivity contribution in [3.63, 3.8) is 0 Å². The molecule has 0 atom stereocenters. The smallest absolute Gasteiger partial charge is 0.279 e. The van der Waals surface area contributed by atoms with Crippen LogP contribution in [0.5, 0.6) is 0 Å². The third-order valence-corrected chi connectivity index (χ3v) is 3.60. The first kappa shape index (κ1) is 11.9. The molecule has 2 aromatic carbocycles. The first-order valence-corrected chi connectivity index (χ1v) is 6.50. The summed E-state index contributed by atoms with van der Waals surface area (Å²) in [6.45, 7) is 0. The van der Waals surface area contributed by atoms with E-state index in [1.807, 2.05) is 42.5 Å². The molecule has 5 heteroatoms. The number of carbonyl (C=O) groups excluding carboxylic acids is 1. The maximum absolute atomic E-state index is 12.5. The lowest BCUT2D eigenvalue weighted by Gasteiger charge is -2.04. The number of anilines is 1. The van der Waals surface area contributed by atoms with Crippen molar-refractivity contribution in [2.75, 3.05) is 5.73 Å². The highest BCUT2D eigenvalue weighted by Gasteiger charge is 2.17. The largest absolute Gasteiger partial charge is 0.382 e. The van der Waals surface area contributed by atoms with Crippen molar-refractivity contribution in [3.8, 4) is 0 Å². The van der Waals surface area contributed by atoms with E-state index in [1.165, 1.54) is 4.68 Å². The molecular weight excluding hydrogens is 306 g/mol. The summed E-state index contributed by atoms with van der Waals surface area (Å²) in [6, 6.07) is 14.6. The summed E-state index contributed by atoms with van der Waals surface area (Å²) in [4.78, 5) is 12.5. The number of benzene rings is 2. The second-order valence-electron chi connectivity index (χ2n) is 4.10. The second-order valence-corrected chi connectivity index (χ2v) is 4.95. The predicted molar refractivity (Wildman–Crippen MR) is 78.0 cm³/mol. The number of halogens is 1. The van der Waals surface area contributed by atoms with Crippen molar-refractivity contribution in [2.45, 2.75) is 0 Å². The van der Waals surface area contributed by atoms with Crippen LogP contribution in [-0.4, -0.2) is 15.7 Å². The van der Waals surface area contributed by atoms with Crippen LogP contribution in [0, 0.1) is 0 Å². The Morgan fingerprint density at radius 1 is 1.11 bits per heavy atom. The van der Waals surface area contributed by atoms with Gasteiger partial charge in [0.15, 0.2) is 5.82 Å². The van der Waals surface area contributed by atoms with Gasteiger partial charge >= 0.3 is 0 Å². The van der Waals surface area contributed by atoms with Gasteiger partial charge in [0.1, 0.15) is 0 Å². The molecule has 0 bridgehead atoms. The van der Waals surface area contributed by atoms with Gasteiger partial charge < -0.3 is 5.73 Å². The molecule has 94 valence electrons. The molecule has 3 rings (SSSR count). The molecular formula is C14H10BrN3O. The molecule has 0 unspecified atom stereocenters. The number of para-hydroxylation sites is 1. The van der Waals surface area contributed by atoms with E-state index in [0.29, 0.717) is 16.9 Å². The number of nitrogens with two attached hydrogens (primary N) is 1. The van der Waals surface area contributed by atoms with E-state index in [2.05, 4.69) is 21.0 Å². The number of hydrogen-bond donors (Lipinski definition) is 1. The third kappa shape index (κ3) is 1.92. The molecule has 19 heavy (non-hydrogen) atoms. The fourth-order valence-electron chi connectivity index (χ4n) is 1.99. The van der Waals surface area contributed by atoms with Crippen LogP contribution in [0.4, 0.5) is 5.82 Å². The number of carbonyl (C=O) groups is 1. The Balaban J connectivity index is 2.20. The molecule has 0 amide bonds. The highest BCUT2D eigenvalue weighted by atomic mass is 79.9. The predicted octanol–water partition coefficient (Wildman–Crippen LogP) is 3.07. The molecule has 0 saturated heterocycles. The van der Waals surface area contributed by atoms with Gasteiger partial charge in [-0.25, -0.2) is 0 Å². The Morgan fingerprint density at radius 2 is 1.79 bits per heavy atom. The Hall–Kier alpha value is -2.14. The summed E-state index contributed by atoms with van der Waals surface area (Å²) in [5.41, 5.74) is 7.10. The molecule has 0 spiro atoms. The van der Waals surface area contributed by atoms with Crippen molar-refractivity contribution in [2.24, 2.45) is 0 Å². The van der Waals surface area contributed by atoms with Crippen molar-refractivity contribution < 1.29 is 4.79 Å². The summed E-state index contributed by atoms with van der Waals surface area (Å²) < 4.78 is 2.07. The first-order chi connectivity index (χ1) is 9.18.